The molecule has 1 saturated heterocycles. The molecule has 1 amide bonds. The third-order valence-electron chi connectivity index (χ3n) is 2.45. The van der Waals surface area contributed by atoms with Gasteiger partial charge < -0.3 is 10.2 Å². The molecule has 0 unspecified atom stereocenters. The van der Waals surface area contributed by atoms with Gasteiger partial charge in [0.25, 0.3) is 0 Å². The Bertz CT molecular complexity index is 213. The minimum atomic E-state index is 0.105. The molecule has 3 nitrogen and oxygen atoms in total. The van der Waals surface area contributed by atoms with Crippen molar-refractivity contribution in [1.29, 1.82) is 0 Å². The highest BCUT2D eigenvalue weighted by Crippen LogP contribution is 2.10. The minimum Gasteiger partial charge on any atom is -0.333 e. The number of nitrogens with zero attached hydrogens (tertiary/aromatic N) is 1. The highest BCUT2D eigenvalue weighted by atomic mass is 16.2. The van der Waals surface area contributed by atoms with Gasteiger partial charge in [0, 0.05) is 31.2 Å². The Kier molecular flexibility index (Phi) is 3.48. The Balaban J connectivity index is 2.64. The summed E-state index contributed by atoms with van der Waals surface area (Å²) in [6.07, 6.45) is 1.01. The van der Waals surface area contributed by atoms with Gasteiger partial charge in [0.1, 0.15) is 0 Å². The van der Waals surface area contributed by atoms with Crippen LogP contribution in [0.4, 0.5) is 0 Å². The van der Waals surface area contributed by atoms with E-state index in [0.29, 0.717) is 11.6 Å². The van der Waals surface area contributed by atoms with Crippen LogP contribution in [0.2, 0.25) is 0 Å². The van der Waals surface area contributed by atoms with Crippen molar-refractivity contribution in [3.63, 3.8) is 0 Å². The SMILES string of the molecule is C=C(C)C(=O)N1CCNC[C@H]1CC. The van der Waals surface area contributed by atoms with Crippen LogP contribution in [0.1, 0.15) is 20.3 Å². The summed E-state index contributed by atoms with van der Waals surface area (Å²) >= 11 is 0. The first kappa shape index (κ1) is 10.3. The van der Waals surface area contributed by atoms with E-state index >= 15 is 0 Å². The number of rotatable bonds is 2. The molecule has 0 bridgehead atoms. The van der Waals surface area contributed by atoms with Crippen LogP contribution in [-0.2, 0) is 4.79 Å². The second-order valence-corrected chi connectivity index (χ2v) is 3.55. The fraction of sp³-hybridized carbons (Fsp3) is 0.700. The average molecular weight is 182 g/mol. The molecule has 74 valence electrons. The Morgan fingerprint density at radius 3 is 2.92 bits per heavy atom. The third-order valence-corrected chi connectivity index (χ3v) is 2.45. The summed E-state index contributed by atoms with van der Waals surface area (Å²) in [6.45, 7) is 10.2. The van der Waals surface area contributed by atoms with E-state index in [1.807, 2.05) is 4.90 Å². The van der Waals surface area contributed by atoms with Gasteiger partial charge in [0.2, 0.25) is 5.91 Å². The molecule has 1 heterocycles. The topological polar surface area (TPSA) is 32.3 Å². The molecule has 1 aliphatic heterocycles. The van der Waals surface area contributed by atoms with Gasteiger partial charge in [-0.15, -0.1) is 0 Å². The van der Waals surface area contributed by atoms with Gasteiger partial charge in [-0.2, -0.15) is 0 Å². The van der Waals surface area contributed by atoms with E-state index < -0.39 is 0 Å². The van der Waals surface area contributed by atoms with Crippen LogP contribution in [0.15, 0.2) is 12.2 Å². The Morgan fingerprint density at radius 2 is 2.38 bits per heavy atom. The Labute approximate surface area is 79.8 Å². The number of piperazine rings is 1. The molecule has 0 aromatic heterocycles. The highest BCUT2D eigenvalue weighted by Gasteiger charge is 2.24. The van der Waals surface area contributed by atoms with Crippen molar-refractivity contribution in [1.82, 2.24) is 10.2 Å². The number of hydrogen-bond donors (Lipinski definition) is 1. The number of carbonyl (C=O) groups is 1. The fourth-order valence-electron chi connectivity index (χ4n) is 1.64. The van der Waals surface area contributed by atoms with Crippen LogP contribution in [-0.4, -0.2) is 36.5 Å². The number of amides is 1. The van der Waals surface area contributed by atoms with Crippen molar-refractivity contribution in [3.05, 3.63) is 12.2 Å². The van der Waals surface area contributed by atoms with Crippen LogP contribution < -0.4 is 5.32 Å². The second-order valence-electron chi connectivity index (χ2n) is 3.55. The van der Waals surface area contributed by atoms with Crippen molar-refractivity contribution < 1.29 is 4.79 Å². The lowest BCUT2D eigenvalue weighted by Gasteiger charge is -2.35. The van der Waals surface area contributed by atoms with E-state index in [0.717, 1.165) is 26.1 Å². The van der Waals surface area contributed by atoms with E-state index in [1.54, 1.807) is 6.92 Å². The Morgan fingerprint density at radius 1 is 1.69 bits per heavy atom. The molecule has 0 radical (unpaired) electrons. The van der Waals surface area contributed by atoms with Gasteiger partial charge in [-0.1, -0.05) is 13.5 Å². The van der Waals surface area contributed by atoms with Gasteiger partial charge in [0.05, 0.1) is 0 Å². The van der Waals surface area contributed by atoms with Gasteiger partial charge in [0.15, 0.2) is 0 Å². The zero-order chi connectivity index (χ0) is 9.84. The molecule has 1 N–H and O–H groups in total. The summed E-state index contributed by atoms with van der Waals surface area (Å²) in [5, 5.41) is 3.29. The molecule has 13 heavy (non-hydrogen) atoms. The van der Waals surface area contributed by atoms with E-state index in [1.165, 1.54) is 0 Å². The molecule has 0 aromatic rings. The summed E-state index contributed by atoms with van der Waals surface area (Å²) in [5.41, 5.74) is 0.639. The standard InChI is InChI=1S/C10H18N2O/c1-4-9-7-11-5-6-12(9)10(13)8(2)3/h9,11H,2,4-7H2,1,3H3/t9-/m1/s1. The van der Waals surface area contributed by atoms with Crippen LogP contribution >= 0.6 is 0 Å². The number of carbonyl (C=O) groups excluding carboxylic acids is 1. The van der Waals surface area contributed by atoms with Crippen molar-refractivity contribution >= 4 is 5.91 Å². The van der Waals surface area contributed by atoms with E-state index in [9.17, 15) is 4.79 Å². The first-order valence-electron chi connectivity index (χ1n) is 4.84. The molecular formula is C10H18N2O. The van der Waals surface area contributed by atoms with E-state index in [2.05, 4.69) is 18.8 Å². The fourth-order valence-corrected chi connectivity index (χ4v) is 1.64. The summed E-state index contributed by atoms with van der Waals surface area (Å²) in [5.74, 6) is 0.105. The maximum absolute atomic E-state index is 11.7. The zero-order valence-corrected chi connectivity index (χ0v) is 8.47. The zero-order valence-electron chi connectivity index (χ0n) is 8.47. The first-order valence-corrected chi connectivity index (χ1v) is 4.84. The molecule has 1 atom stereocenters. The Hall–Kier alpha value is -0.830. The quantitative estimate of drug-likeness (QED) is 0.640. The van der Waals surface area contributed by atoms with Crippen molar-refractivity contribution in [2.75, 3.05) is 19.6 Å². The molecule has 0 aromatic carbocycles. The number of nitrogens with one attached hydrogen (secondary N) is 1. The summed E-state index contributed by atoms with van der Waals surface area (Å²) < 4.78 is 0. The van der Waals surface area contributed by atoms with Crippen LogP contribution in [0.5, 0.6) is 0 Å². The van der Waals surface area contributed by atoms with Crippen molar-refractivity contribution in [3.8, 4) is 0 Å². The molecule has 0 aliphatic carbocycles. The molecule has 1 rings (SSSR count). The monoisotopic (exact) mass is 182 g/mol. The largest absolute Gasteiger partial charge is 0.333 e. The highest BCUT2D eigenvalue weighted by molar-refractivity contribution is 5.92. The number of hydrogen-bond acceptors (Lipinski definition) is 2. The lowest BCUT2D eigenvalue weighted by atomic mass is 10.1. The van der Waals surface area contributed by atoms with Gasteiger partial charge in [-0.05, 0) is 13.3 Å². The second kappa shape index (κ2) is 4.42. The summed E-state index contributed by atoms with van der Waals surface area (Å²) in [6, 6.07) is 0.345. The molecule has 3 heteroatoms. The average Bonchev–Trinajstić information content (AvgIpc) is 2.16. The maximum atomic E-state index is 11.7. The summed E-state index contributed by atoms with van der Waals surface area (Å²) in [4.78, 5) is 13.6. The van der Waals surface area contributed by atoms with Gasteiger partial charge >= 0.3 is 0 Å². The molecule has 0 saturated carbocycles. The molecule has 1 fully saturated rings. The third kappa shape index (κ3) is 2.31. The van der Waals surface area contributed by atoms with Crippen molar-refractivity contribution in [2.45, 2.75) is 26.3 Å². The minimum absolute atomic E-state index is 0.105. The van der Waals surface area contributed by atoms with Gasteiger partial charge in [-0.25, -0.2) is 0 Å². The molecule has 0 spiro atoms. The predicted octanol–water partition coefficient (Wildman–Crippen LogP) is 0.773. The summed E-state index contributed by atoms with van der Waals surface area (Å²) in [7, 11) is 0. The van der Waals surface area contributed by atoms with Crippen LogP contribution in [0, 0.1) is 0 Å². The lowest BCUT2D eigenvalue weighted by molar-refractivity contribution is -0.130. The first-order chi connectivity index (χ1) is 6.16. The smallest absolute Gasteiger partial charge is 0.249 e. The van der Waals surface area contributed by atoms with E-state index in [-0.39, 0.29) is 5.91 Å². The molecule has 1 aliphatic rings. The van der Waals surface area contributed by atoms with E-state index in [4.69, 9.17) is 0 Å². The predicted molar refractivity (Wildman–Crippen MR) is 53.5 cm³/mol. The maximum Gasteiger partial charge on any atom is 0.249 e. The lowest BCUT2D eigenvalue weighted by Crippen LogP contribution is -2.53. The normalized spacial score (nSPS) is 22.9. The van der Waals surface area contributed by atoms with Gasteiger partial charge in [-0.3, -0.25) is 4.79 Å². The van der Waals surface area contributed by atoms with Crippen LogP contribution in [0.3, 0.4) is 0 Å². The van der Waals surface area contributed by atoms with Crippen molar-refractivity contribution in [2.24, 2.45) is 0 Å². The molecular weight excluding hydrogens is 164 g/mol. The van der Waals surface area contributed by atoms with Crippen LogP contribution in [0.25, 0.3) is 0 Å².